The molecule has 2 fully saturated rings. The van der Waals surface area contributed by atoms with Crippen molar-refractivity contribution in [3.63, 3.8) is 0 Å². The van der Waals surface area contributed by atoms with E-state index in [1.807, 2.05) is 6.20 Å². The summed E-state index contributed by atoms with van der Waals surface area (Å²) in [6, 6.07) is 25.7. The van der Waals surface area contributed by atoms with Crippen molar-refractivity contribution < 1.29 is 0 Å². The standard InChI is InChI=1S/C39H45B3N2/c1-36(2,3)39(41,42)26-15-22-43-31(24-26)28-10-8-12-33-34(28)29-11-7-9-27-30-23-25(13-14-32(30)44(33)35(27)29)38(40)20-18-37(19-21-38)16-5-4-6-17-37/h7-15,22-24H,4-6,16-21,40-42H2,1-3H3. The van der Waals surface area contributed by atoms with Crippen LogP contribution in [0.3, 0.4) is 0 Å². The number of fused-ring (bicyclic) bond motifs is 6. The van der Waals surface area contributed by atoms with Crippen LogP contribution in [0.1, 0.15) is 89.7 Å². The molecule has 0 N–H and O–H groups in total. The van der Waals surface area contributed by atoms with Crippen molar-refractivity contribution in [3.05, 3.63) is 84.1 Å². The molecule has 0 amide bonds. The Labute approximate surface area is 265 Å². The number of hydrogen-bond donors (Lipinski definition) is 0. The molecule has 2 aliphatic rings. The van der Waals surface area contributed by atoms with E-state index in [0.29, 0.717) is 5.41 Å². The summed E-state index contributed by atoms with van der Waals surface area (Å²) in [7, 11) is 7.26. The molecular formula is C39H45B3N2. The van der Waals surface area contributed by atoms with Crippen LogP contribution in [0.5, 0.6) is 0 Å². The molecule has 2 aliphatic carbocycles. The molecule has 0 atom stereocenters. The molecule has 2 saturated carbocycles. The van der Waals surface area contributed by atoms with Crippen LogP contribution in [0.2, 0.25) is 0 Å². The zero-order valence-electron chi connectivity index (χ0n) is 27.7. The Kier molecular flexibility index (Phi) is 6.21. The lowest BCUT2D eigenvalue weighted by molar-refractivity contribution is 0.105. The molecule has 44 heavy (non-hydrogen) atoms. The highest BCUT2D eigenvalue weighted by Gasteiger charge is 2.41. The molecule has 1 spiro atoms. The lowest BCUT2D eigenvalue weighted by Crippen LogP contribution is -2.41. The van der Waals surface area contributed by atoms with Crippen molar-refractivity contribution in [1.82, 2.24) is 9.38 Å². The second-order valence-electron chi connectivity index (χ2n) is 16.4. The van der Waals surface area contributed by atoms with Gasteiger partial charge < -0.3 is 4.40 Å². The van der Waals surface area contributed by atoms with Crippen LogP contribution < -0.4 is 0 Å². The van der Waals surface area contributed by atoms with E-state index in [0.717, 1.165) is 5.69 Å². The van der Waals surface area contributed by atoms with E-state index in [9.17, 15) is 0 Å². The second-order valence-corrected chi connectivity index (χ2v) is 16.4. The van der Waals surface area contributed by atoms with Crippen LogP contribution >= 0.6 is 0 Å². The molecule has 2 nitrogen and oxygen atoms in total. The summed E-state index contributed by atoms with van der Waals surface area (Å²) in [5, 5.41) is 5.72. The van der Waals surface area contributed by atoms with E-state index in [1.165, 1.54) is 113 Å². The van der Waals surface area contributed by atoms with Crippen LogP contribution in [-0.4, -0.2) is 32.9 Å². The van der Waals surface area contributed by atoms with Crippen LogP contribution in [-0.2, 0) is 10.5 Å². The highest BCUT2D eigenvalue weighted by Crippen LogP contribution is 2.53. The summed E-state index contributed by atoms with van der Waals surface area (Å²) in [6.45, 7) is 7.00. The Morgan fingerprint density at radius 2 is 1.45 bits per heavy atom. The molecule has 0 unspecified atom stereocenters. The summed E-state index contributed by atoms with van der Waals surface area (Å²) in [6.07, 6.45) is 14.8. The monoisotopic (exact) mass is 574 g/mol. The first-order valence-electron chi connectivity index (χ1n) is 17.2. The molecule has 0 bridgehead atoms. The van der Waals surface area contributed by atoms with Gasteiger partial charge in [-0.3, -0.25) is 4.98 Å². The molecular weight excluding hydrogens is 529 g/mol. The highest BCUT2D eigenvalue weighted by atomic mass is 14.9. The first kappa shape index (κ1) is 28.3. The van der Waals surface area contributed by atoms with Crippen LogP contribution in [0.25, 0.3) is 49.4 Å². The third-order valence-corrected chi connectivity index (χ3v) is 13.0. The van der Waals surface area contributed by atoms with Crippen molar-refractivity contribution in [2.75, 3.05) is 0 Å². The van der Waals surface area contributed by atoms with Gasteiger partial charge in [0.2, 0.25) is 0 Å². The first-order valence-corrected chi connectivity index (χ1v) is 17.2. The molecule has 0 aliphatic heterocycles. The summed E-state index contributed by atoms with van der Waals surface area (Å²) in [4.78, 5) is 4.95. The Bertz CT molecular complexity index is 2030. The average Bonchev–Trinajstić information content (AvgIpc) is 3.55. The third-order valence-electron chi connectivity index (χ3n) is 13.0. The molecule has 220 valence electrons. The van der Waals surface area contributed by atoms with Gasteiger partial charge in [0.1, 0.15) is 23.5 Å². The lowest BCUT2D eigenvalue weighted by Gasteiger charge is -2.47. The van der Waals surface area contributed by atoms with E-state index < -0.39 is 0 Å². The highest BCUT2D eigenvalue weighted by molar-refractivity contribution is 6.40. The Hall–Kier alpha value is -3.20. The molecule has 0 radical (unpaired) electrons. The molecule has 3 heterocycles. The predicted octanol–water partition coefficient (Wildman–Crippen LogP) is 7.72. The average molecular weight is 574 g/mol. The maximum absolute atomic E-state index is 4.95. The SMILES string of the molecule is BC1(c2ccc3c(c2)c2cccc4c5c(-c6cc(C(B)(B)C(C)(C)C)ccn6)cccc5n3c24)CCC2(CCCCC2)CC1. The summed E-state index contributed by atoms with van der Waals surface area (Å²) in [5.74, 6) is 0. The maximum Gasteiger partial charge on any atom is 0.115 e. The molecule has 6 aromatic rings. The molecule has 8 rings (SSSR count). The van der Waals surface area contributed by atoms with Gasteiger partial charge in [-0.05, 0) is 77.7 Å². The lowest BCUT2D eigenvalue weighted by atomic mass is 9.41. The minimum atomic E-state index is 0.0216. The van der Waals surface area contributed by atoms with Gasteiger partial charge in [-0.2, -0.15) is 0 Å². The Morgan fingerprint density at radius 3 is 2.20 bits per heavy atom. The second kappa shape index (κ2) is 9.65. The third kappa shape index (κ3) is 4.06. The summed E-state index contributed by atoms with van der Waals surface area (Å²) in [5.41, 5.74) is 9.90. The zero-order chi connectivity index (χ0) is 30.5. The number of nitrogens with zero attached hydrogens (tertiary/aromatic N) is 2. The normalized spacial score (nSPS) is 19.1. The van der Waals surface area contributed by atoms with Gasteiger partial charge in [-0.1, -0.05) is 100 Å². The van der Waals surface area contributed by atoms with Crippen molar-refractivity contribution in [2.24, 2.45) is 10.8 Å². The summed E-state index contributed by atoms with van der Waals surface area (Å²) < 4.78 is 2.53. The van der Waals surface area contributed by atoms with E-state index in [1.54, 1.807) is 0 Å². The van der Waals surface area contributed by atoms with E-state index in [2.05, 4.69) is 115 Å². The minimum absolute atomic E-state index is 0.0216. The van der Waals surface area contributed by atoms with Gasteiger partial charge >= 0.3 is 0 Å². The topological polar surface area (TPSA) is 17.3 Å². The summed E-state index contributed by atoms with van der Waals surface area (Å²) >= 11 is 0. The zero-order valence-corrected chi connectivity index (χ0v) is 27.7. The van der Waals surface area contributed by atoms with Crippen molar-refractivity contribution >= 4 is 61.6 Å². The van der Waals surface area contributed by atoms with Crippen LogP contribution in [0.15, 0.2) is 72.9 Å². The quantitative estimate of drug-likeness (QED) is 0.198. The minimum Gasteiger partial charge on any atom is -0.308 e. The van der Waals surface area contributed by atoms with Crippen LogP contribution in [0, 0.1) is 10.8 Å². The van der Waals surface area contributed by atoms with Gasteiger partial charge in [0.05, 0.1) is 22.2 Å². The predicted molar refractivity (Wildman–Crippen MR) is 197 cm³/mol. The number of aromatic nitrogens is 2. The van der Waals surface area contributed by atoms with Gasteiger partial charge in [0, 0.05) is 33.3 Å². The Morgan fingerprint density at radius 1 is 0.727 bits per heavy atom. The van der Waals surface area contributed by atoms with Crippen molar-refractivity contribution in [2.45, 2.75) is 89.1 Å². The van der Waals surface area contributed by atoms with Crippen molar-refractivity contribution in [1.29, 1.82) is 0 Å². The van der Waals surface area contributed by atoms with E-state index in [-0.39, 0.29) is 15.9 Å². The van der Waals surface area contributed by atoms with Gasteiger partial charge in [0.25, 0.3) is 0 Å². The molecule has 0 saturated heterocycles. The Balaban J connectivity index is 1.26. The van der Waals surface area contributed by atoms with E-state index >= 15 is 0 Å². The van der Waals surface area contributed by atoms with Gasteiger partial charge in [0.15, 0.2) is 0 Å². The number of rotatable bonds is 3. The fourth-order valence-electron chi connectivity index (χ4n) is 8.94. The number of benzene rings is 3. The fraction of sp³-hybridized carbons (Fsp3) is 0.410. The van der Waals surface area contributed by atoms with Crippen molar-refractivity contribution in [3.8, 4) is 11.3 Å². The molecule has 3 aromatic heterocycles. The number of pyridine rings is 1. The molecule has 3 aromatic carbocycles. The smallest absolute Gasteiger partial charge is 0.115 e. The maximum atomic E-state index is 4.95. The van der Waals surface area contributed by atoms with Gasteiger partial charge in [-0.25, -0.2) is 0 Å². The number of hydrogen-bond acceptors (Lipinski definition) is 1. The first-order chi connectivity index (χ1) is 21.0. The molecule has 5 heteroatoms. The largest absolute Gasteiger partial charge is 0.308 e. The van der Waals surface area contributed by atoms with Gasteiger partial charge in [-0.15, -0.1) is 0 Å². The number of para-hydroxylation sites is 1. The fourth-order valence-corrected chi connectivity index (χ4v) is 8.94. The van der Waals surface area contributed by atoms with E-state index in [4.69, 9.17) is 4.98 Å². The van der Waals surface area contributed by atoms with Crippen LogP contribution in [0.4, 0.5) is 0 Å².